The topological polar surface area (TPSA) is 17.1 Å². The van der Waals surface area contributed by atoms with Gasteiger partial charge in [0.2, 0.25) is 0 Å². The van der Waals surface area contributed by atoms with Gasteiger partial charge in [-0.15, -0.1) is 0 Å². The van der Waals surface area contributed by atoms with Gasteiger partial charge in [0.1, 0.15) is 5.78 Å². The van der Waals surface area contributed by atoms with Crippen molar-refractivity contribution < 1.29 is 4.79 Å². The molecule has 1 atom stereocenters. The number of rotatable bonds is 1. The van der Waals surface area contributed by atoms with E-state index in [4.69, 9.17) is 0 Å². The van der Waals surface area contributed by atoms with Crippen molar-refractivity contribution in [2.45, 2.75) is 53.4 Å². The van der Waals surface area contributed by atoms with Crippen LogP contribution in [0.5, 0.6) is 0 Å². The summed E-state index contributed by atoms with van der Waals surface area (Å²) in [5.41, 5.74) is 2.64. The Morgan fingerprint density at radius 2 is 2.11 bits per heavy atom. The van der Waals surface area contributed by atoms with Crippen LogP contribution in [0.15, 0.2) is 36.0 Å². The third kappa shape index (κ3) is 4.64. The lowest BCUT2D eigenvalue weighted by Gasteiger charge is -2.18. The summed E-state index contributed by atoms with van der Waals surface area (Å²) >= 11 is 0. The lowest BCUT2D eigenvalue weighted by atomic mass is 9.87. The van der Waals surface area contributed by atoms with E-state index in [1.54, 1.807) is 6.92 Å². The standard InChI is InChI=1S/C17H26O/c1-13-8-9-16(15(3)18)14(2)7-6-11-17(4,5)12-10-13/h6,10-11,16H,2,7-9,12H2,1,3-5H3/b11-6-,13-10-. The molecule has 0 fully saturated rings. The van der Waals surface area contributed by atoms with Crippen LogP contribution in [0.2, 0.25) is 0 Å². The number of hydrogen-bond acceptors (Lipinski definition) is 1. The van der Waals surface area contributed by atoms with E-state index in [2.05, 4.69) is 45.6 Å². The van der Waals surface area contributed by atoms with Crippen molar-refractivity contribution in [3.05, 3.63) is 36.0 Å². The van der Waals surface area contributed by atoms with Gasteiger partial charge in [-0.05, 0) is 44.9 Å². The Balaban J connectivity index is 2.92. The second-order valence-electron chi connectivity index (χ2n) is 6.21. The fourth-order valence-electron chi connectivity index (χ4n) is 2.35. The Hall–Kier alpha value is -1.11. The molecule has 0 aliphatic heterocycles. The van der Waals surface area contributed by atoms with Crippen LogP contribution in [0.25, 0.3) is 0 Å². The van der Waals surface area contributed by atoms with Gasteiger partial charge in [0, 0.05) is 5.92 Å². The Labute approximate surface area is 112 Å². The second kappa shape index (κ2) is 6.17. The van der Waals surface area contributed by atoms with Crippen LogP contribution in [0, 0.1) is 11.3 Å². The monoisotopic (exact) mass is 246 g/mol. The minimum absolute atomic E-state index is 0.0270. The highest BCUT2D eigenvalue weighted by molar-refractivity contribution is 5.81. The summed E-state index contributed by atoms with van der Waals surface area (Å²) in [7, 11) is 0. The van der Waals surface area contributed by atoms with Crippen molar-refractivity contribution in [3.63, 3.8) is 0 Å². The van der Waals surface area contributed by atoms with E-state index in [9.17, 15) is 4.79 Å². The van der Waals surface area contributed by atoms with Crippen LogP contribution >= 0.6 is 0 Å². The van der Waals surface area contributed by atoms with Crippen molar-refractivity contribution >= 4 is 5.78 Å². The number of carbonyl (C=O) groups is 1. The molecule has 0 saturated carbocycles. The van der Waals surface area contributed by atoms with E-state index in [0.717, 1.165) is 31.3 Å². The van der Waals surface area contributed by atoms with Crippen molar-refractivity contribution in [2.75, 3.05) is 0 Å². The summed E-state index contributed by atoms with van der Waals surface area (Å²) in [5.74, 6) is 0.277. The number of carbonyl (C=O) groups excluding carboxylic acids is 1. The lowest BCUT2D eigenvalue weighted by Crippen LogP contribution is -2.13. The molecular formula is C17H26O. The van der Waals surface area contributed by atoms with E-state index >= 15 is 0 Å². The average molecular weight is 246 g/mol. The third-order valence-electron chi connectivity index (χ3n) is 3.74. The van der Waals surface area contributed by atoms with E-state index in [-0.39, 0.29) is 17.1 Å². The quantitative estimate of drug-likeness (QED) is 0.604. The molecule has 0 heterocycles. The average Bonchev–Trinajstić information content (AvgIpc) is 2.27. The molecule has 1 rings (SSSR count). The summed E-state index contributed by atoms with van der Waals surface area (Å²) < 4.78 is 0. The van der Waals surface area contributed by atoms with Gasteiger partial charge >= 0.3 is 0 Å². The maximum absolute atomic E-state index is 11.7. The number of ketones is 1. The first-order chi connectivity index (χ1) is 8.32. The first-order valence-electron chi connectivity index (χ1n) is 6.83. The fraction of sp³-hybridized carbons (Fsp3) is 0.588. The van der Waals surface area contributed by atoms with E-state index in [0.29, 0.717) is 0 Å². The van der Waals surface area contributed by atoms with Crippen molar-refractivity contribution in [1.29, 1.82) is 0 Å². The van der Waals surface area contributed by atoms with Crippen LogP contribution in [0.4, 0.5) is 0 Å². The Bertz CT molecular complexity index is 382. The molecule has 0 radical (unpaired) electrons. The van der Waals surface area contributed by atoms with Gasteiger partial charge < -0.3 is 0 Å². The molecule has 0 aromatic carbocycles. The van der Waals surface area contributed by atoms with Gasteiger partial charge in [-0.3, -0.25) is 4.79 Å². The predicted octanol–water partition coefficient (Wildman–Crippen LogP) is 4.85. The summed E-state index contributed by atoms with van der Waals surface area (Å²) in [6, 6.07) is 0. The van der Waals surface area contributed by atoms with Crippen LogP contribution in [-0.4, -0.2) is 5.78 Å². The summed E-state index contributed by atoms with van der Waals surface area (Å²) in [5, 5.41) is 0. The highest BCUT2D eigenvalue weighted by Gasteiger charge is 2.19. The smallest absolute Gasteiger partial charge is 0.136 e. The zero-order valence-electron chi connectivity index (χ0n) is 12.3. The molecular weight excluding hydrogens is 220 g/mol. The van der Waals surface area contributed by atoms with Crippen molar-refractivity contribution in [2.24, 2.45) is 11.3 Å². The van der Waals surface area contributed by atoms with Gasteiger partial charge in [-0.2, -0.15) is 0 Å². The minimum Gasteiger partial charge on any atom is -0.299 e. The number of Topliss-reactive ketones (excluding diaryl/α,β-unsaturated/α-hetero) is 1. The zero-order chi connectivity index (χ0) is 13.8. The molecule has 0 aromatic heterocycles. The molecule has 1 nitrogen and oxygen atoms in total. The lowest BCUT2D eigenvalue weighted by molar-refractivity contribution is -0.119. The van der Waals surface area contributed by atoms with Crippen molar-refractivity contribution in [1.82, 2.24) is 0 Å². The van der Waals surface area contributed by atoms with Gasteiger partial charge in [0.15, 0.2) is 0 Å². The molecule has 0 bridgehead atoms. The van der Waals surface area contributed by atoms with Crippen LogP contribution < -0.4 is 0 Å². The fourth-order valence-corrected chi connectivity index (χ4v) is 2.35. The molecule has 100 valence electrons. The summed E-state index contributed by atoms with van der Waals surface area (Å²) in [6.45, 7) is 12.4. The van der Waals surface area contributed by atoms with E-state index < -0.39 is 0 Å². The number of hydrogen-bond donors (Lipinski definition) is 0. The van der Waals surface area contributed by atoms with Gasteiger partial charge in [-0.1, -0.05) is 49.8 Å². The number of allylic oxidation sites excluding steroid dienone is 5. The molecule has 0 aromatic rings. The van der Waals surface area contributed by atoms with Gasteiger partial charge in [0.05, 0.1) is 0 Å². The molecule has 18 heavy (non-hydrogen) atoms. The van der Waals surface area contributed by atoms with Gasteiger partial charge in [-0.25, -0.2) is 0 Å². The first-order valence-corrected chi connectivity index (χ1v) is 6.83. The predicted molar refractivity (Wildman–Crippen MR) is 78.5 cm³/mol. The van der Waals surface area contributed by atoms with Crippen LogP contribution in [0.1, 0.15) is 53.4 Å². The highest BCUT2D eigenvalue weighted by atomic mass is 16.1. The molecule has 1 unspecified atom stereocenters. The zero-order valence-corrected chi connectivity index (χ0v) is 12.3. The Kier molecular flexibility index (Phi) is 5.13. The highest BCUT2D eigenvalue weighted by Crippen LogP contribution is 2.29. The van der Waals surface area contributed by atoms with Crippen LogP contribution in [0.3, 0.4) is 0 Å². The maximum Gasteiger partial charge on any atom is 0.136 e. The van der Waals surface area contributed by atoms with E-state index in [1.165, 1.54) is 5.57 Å². The van der Waals surface area contributed by atoms with Gasteiger partial charge in [0.25, 0.3) is 0 Å². The largest absolute Gasteiger partial charge is 0.299 e. The molecule has 0 spiro atoms. The molecule has 1 aliphatic rings. The third-order valence-corrected chi connectivity index (χ3v) is 3.74. The molecule has 0 saturated heterocycles. The Morgan fingerprint density at radius 1 is 1.44 bits per heavy atom. The summed E-state index contributed by atoms with van der Waals surface area (Å²) in [4.78, 5) is 11.7. The maximum atomic E-state index is 11.7. The molecule has 1 aliphatic carbocycles. The van der Waals surface area contributed by atoms with Crippen molar-refractivity contribution in [3.8, 4) is 0 Å². The second-order valence-corrected chi connectivity index (χ2v) is 6.21. The molecule has 0 amide bonds. The molecule has 1 heteroatoms. The Morgan fingerprint density at radius 3 is 2.72 bits per heavy atom. The SMILES string of the molecule is C=C1C/C=C\C(C)(C)C/C=C(/C)CCC1C(C)=O. The first kappa shape index (κ1) is 14.9. The van der Waals surface area contributed by atoms with E-state index in [1.807, 2.05) is 0 Å². The summed E-state index contributed by atoms with van der Waals surface area (Å²) in [6.07, 6.45) is 10.5. The van der Waals surface area contributed by atoms with Crippen LogP contribution in [-0.2, 0) is 4.79 Å². The minimum atomic E-state index is 0.0270. The normalized spacial score (nSPS) is 29.9. The molecule has 0 N–H and O–H groups in total.